The van der Waals surface area contributed by atoms with Gasteiger partial charge in [0.2, 0.25) is 5.88 Å². The monoisotopic (exact) mass is 441 g/mol. The van der Waals surface area contributed by atoms with Gasteiger partial charge in [-0.25, -0.2) is 9.97 Å². The first-order chi connectivity index (χ1) is 14.8. The van der Waals surface area contributed by atoms with E-state index in [-0.39, 0.29) is 29.5 Å². The molecule has 0 fully saturated rings. The molecule has 4 rings (SSSR count). The second-order valence-corrected chi connectivity index (χ2v) is 7.93. The van der Waals surface area contributed by atoms with Crippen molar-refractivity contribution < 1.29 is 14.3 Å². The van der Waals surface area contributed by atoms with Crippen LogP contribution in [0.15, 0.2) is 29.3 Å². The second-order valence-electron chi connectivity index (χ2n) is 7.49. The van der Waals surface area contributed by atoms with E-state index < -0.39 is 5.91 Å². The van der Waals surface area contributed by atoms with Crippen LogP contribution in [-0.4, -0.2) is 38.4 Å². The van der Waals surface area contributed by atoms with E-state index in [9.17, 15) is 14.4 Å². The van der Waals surface area contributed by atoms with Crippen molar-refractivity contribution in [2.24, 2.45) is 7.05 Å². The van der Waals surface area contributed by atoms with Crippen molar-refractivity contribution in [1.82, 2.24) is 19.1 Å². The van der Waals surface area contributed by atoms with Gasteiger partial charge < -0.3 is 13.9 Å². The van der Waals surface area contributed by atoms with Crippen molar-refractivity contribution in [3.63, 3.8) is 0 Å². The molecule has 1 aliphatic rings. The highest BCUT2D eigenvalue weighted by atomic mass is 35.5. The van der Waals surface area contributed by atoms with Gasteiger partial charge in [-0.15, -0.1) is 0 Å². The molecule has 0 aromatic carbocycles. The minimum absolute atomic E-state index is 0.0641. The smallest absolute Gasteiger partial charge is 0.279 e. The van der Waals surface area contributed by atoms with Crippen LogP contribution in [0.25, 0.3) is 11.4 Å². The van der Waals surface area contributed by atoms with Crippen LogP contribution in [0.2, 0.25) is 5.02 Å². The molecule has 10 heteroatoms. The number of carbonyl (C=O) groups excluding carboxylic acids is 2. The standard InChI is InChI=1S/C21H20ClN5O4/c1-11(2)27-16-9-26(15-6-13(22)8-25(3)20(15)29)21(30)17(16)24-18(27)14-5-12(10-28)7-23-19(14)31-4/h5-8,10-11H,9H2,1-4H3. The number of halogens is 1. The zero-order valence-corrected chi connectivity index (χ0v) is 18.2. The Bertz CT molecular complexity index is 1280. The number of hydrogen-bond acceptors (Lipinski definition) is 6. The molecule has 31 heavy (non-hydrogen) atoms. The van der Waals surface area contributed by atoms with Crippen LogP contribution in [0.4, 0.5) is 5.69 Å². The first-order valence-corrected chi connectivity index (χ1v) is 9.93. The lowest BCUT2D eigenvalue weighted by atomic mass is 10.2. The Morgan fingerprint density at radius 2 is 2.00 bits per heavy atom. The van der Waals surface area contributed by atoms with E-state index in [0.717, 1.165) is 0 Å². The number of ether oxygens (including phenoxy) is 1. The molecule has 0 saturated heterocycles. The Hall–Kier alpha value is -3.46. The van der Waals surface area contributed by atoms with Gasteiger partial charge in [-0.1, -0.05) is 11.6 Å². The molecule has 3 aromatic rings. The van der Waals surface area contributed by atoms with Gasteiger partial charge in [-0.05, 0) is 26.0 Å². The molecule has 1 aliphatic heterocycles. The maximum Gasteiger partial charge on any atom is 0.279 e. The summed E-state index contributed by atoms with van der Waals surface area (Å²) in [6.45, 7) is 4.08. The minimum Gasteiger partial charge on any atom is -0.480 e. The number of aromatic nitrogens is 4. The van der Waals surface area contributed by atoms with Crippen LogP contribution < -0.4 is 15.2 Å². The summed E-state index contributed by atoms with van der Waals surface area (Å²) in [7, 11) is 3.06. The van der Waals surface area contributed by atoms with Crippen molar-refractivity contribution in [2.45, 2.75) is 26.4 Å². The first kappa shape index (κ1) is 20.8. The molecule has 0 radical (unpaired) electrons. The van der Waals surface area contributed by atoms with E-state index in [1.54, 1.807) is 13.1 Å². The predicted molar refractivity (Wildman–Crippen MR) is 115 cm³/mol. The molecule has 1 amide bonds. The van der Waals surface area contributed by atoms with Crippen molar-refractivity contribution in [3.05, 3.63) is 56.9 Å². The van der Waals surface area contributed by atoms with Crippen LogP contribution in [-0.2, 0) is 13.6 Å². The van der Waals surface area contributed by atoms with E-state index in [0.29, 0.717) is 39.8 Å². The number of amides is 1. The maximum absolute atomic E-state index is 13.2. The highest BCUT2D eigenvalue weighted by Gasteiger charge is 2.37. The molecule has 0 N–H and O–H groups in total. The van der Waals surface area contributed by atoms with Crippen LogP contribution in [0.3, 0.4) is 0 Å². The van der Waals surface area contributed by atoms with E-state index in [1.165, 1.54) is 35.0 Å². The molecule has 3 aromatic heterocycles. The Morgan fingerprint density at radius 1 is 1.26 bits per heavy atom. The van der Waals surface area contributed by atoms with Crippen molar-refractivity contribution in [3.8, 4) is 17.3 Å². The van der Waals surface area contributed by atoms with Crippen molar-refractivity contribution in [1.29, 1.82) is 0 Å². The molecule has 0 atom stereocenters. The fourth-order valence-electron chi connectivity index (χ4n) is 3.78. The number of carbonyl (C=O) groups is 2. The fraction of sp³-hybridized carbons (Fsp3) is 0.286. The molecule has 0 bridgehead atoms. The summed E-state index contributed by atoms with van der Waals surface area (Å²) in [5.41, 5.74) is 1.64. The Kier molecular flexibility index (Phi) is 5.14. The summed E-state index contributed by atoms with van der Waals surface area (Å²) in [5, 5.41) is 0.350. The van der Waals surface area contributed by atoms with Gasteiger partial charge in [0.05, 0.1) is 29.9 Å². The Balaban J connectivity index is 1.88. The summed E-state index contributed by atoms with van der Waals surface area (Å²) in [6.07, 6.45) is 3.59. The van der Waals surface area contributed by atoms with E-state index in [2.05, 4.69) is 9.97 Å². The topological polar surface area (TPSA) is 99.3 Å². The largest absolute Gasteiger partial charge is 0.480 e. The normalized spacial score (nSPS) is 13.1. The van der Waals surface area contributed by atoms with Crippen LogP contribution in [0, 0.1) is 0 Å². The molecule has 9 nitrogen and oxygen atoms in total. The molecule has 0 unspecified atom stereocenters. The van der Waals surface area contributed by atoms with E-state index >= 15 is 0 Å². The Morgan fingerprint density at radius 3 is 2.65 bits per heavy atom. The molecule has 4 heterocycles. The number of anilines is 1. The van der Waals surface area contributed by atoms with E-state index in [4.69, 9.17) is 16.3 Å². The van der Waals surface area contributed by atoms with Gasteiger partial charge in [0.1, 0.15) is 11.5 Å². The van der Waals surface area contributed by atoms with Crippen LogP contribution in [0.5, 0.6) is 5.88 Å². The number of rotatable bonds is 5. The van der Waals surface area contributed by atoms with Gasteiger partial charge in [0.25, 0.3) is 11.5 Å². The zero-order valence-electron chi connectivity index (χ0n) is 17.4. The summed E-state index contributed by atoms with van der Waals surface area (Å²) in [5.74, 6) is 0.373. The van der Waals surface area contributed by atoms with Crippen molar-refractivity contribution >= 4 is 29.5 Å². The summed E-state index contributed by atoms with van der Waals surface area (Å²) in [4.78, 5) is 47.3. The molecular formula is C21H20ClN5O4. The van der Waals surface area contributed by atoms with Gasteiger partial charge in [-0.3, -0.25) is 19.3 Å². The average Bonchev–Trinajstić information content (AvgIpc) is 3.26. The quantitative estimate of drug-likeness (QED) is 0.564. The lowest BCUT2D eigenvalue weighted by molar-refractivity contribution is 0.0992. The third kappa shape index (κ3) is 3.31. The minimum atomic E-state index is -0.395. The number of fused-ring (bicyclic) bond motifs is 1. The molecule has 0 saturated carbocycles. The lowest BCUT2D eigenvalue weighted by Gasteiger charge is -2.20. The highest BCUT2D eigenvalue weighted by Crippen LogP contribution is 2.36. The number of imidazole rings is 1. The molecule has 160 valence electrons. The summed E-state index contributed by atoms with van der Waals surface area (Å²) >= 11 is 6.11. The van der Waals surface area contributed by atoms with Crippen LogP contribution >= 0.6 is 11.6 Å². The highest BCUT2D eigenvalue weighted by molar-refractivity contribution is 6.30. The molecule has 0 spiro atoms. The second kappa shape index (κ2) is 7.66. The molecular weight excluding hydrogens is 422 g/mol. The van der Waals surface area contributed by atoms with Gasteiger partial charge >= 0.3 is 0 Å². The summed E-state index contributed by atoms with van der Waals surface area (Å²) in [6, 6.07) is 3.05. The van der Waals surface area contributed by atoms with Crippen LogP contribution in [0.1, 0.15) is 46.4 Å². The van der Waals surface area contributed by atoms with Gasteiger partial charge in [0, 0.05) is 31.0 Å². The number of pyridine rings is 2. The number of aryl methyl sites for hydroxylation is 1. The lowest BCUT2D eigenvalue weighted by Crippen LogP contribution is -2.32. The number of aldehydes is 1. The number of hydrogen-bond donors (Lipinski definition) is 0. The third-order valence-electron chi connectivity index (χ3n) is 5.15. The molecule has 0 aliphatic carbocycles. The maximum atomic E-state index is 13.2. The average molecular weight is 442 g/mol. The third-order valence-corrected chi connectivity index (χ3v) is 5.35. The zero-order chi connectivity index (χ0) is 22.4. The van der Waals surface area contributed by atoms with Gasteiger partial charge in [0.15, 0.2) is 12.0 Å². The summed E-state index contributed by atoms with van der Waals surface area (Å²) < 4.78 is 8.60. The van der Waals surface area contributed by atoms with E-state index in [1.807, 2.05) is 18.4 Å². The Labute approximate surface area is 182 Å². The van der Waals surface area contributed by atoms with Gasteiger partial charge in [-0.2, -0.15) is 0 Å². The SMILES string of the molecule is COc1ncc(C=O)cc1-c1nc2c(n1C(C)C)CN(c1cc(Cl)cn(C)c1=O)C2=O. The number of methoxy groups -OCH3 is 1. The van der Waals surface area contributed by atoms with Crippen molar-refractivity contribution in [2.75, 3.05) is 12.0 Å². The fourth-order valence-corrected chi connectivity index (χ4v) is 4.03. The first-order valence-electron chi connectivity index (χ1n) is 9.55. The number of nitrogens with zero attached hydrogens (tertiary/aromatic N) is 5. The predicted octanol–water partition coefficient (Wildman–Crippen LogP) is 2.86.